The Kier molecular flexibility index (Phi) is 5.36. The Balaban J connectivity index is 1.95. The predicted octanol–water partition coefficient (Wildman–Crippen LogP) is 3.11. The van der Waals surface area contributed by atoms with Crippen molar-refractivity contribution in [2.45, 2.75) is 13.8 Å². The Morgan fingerprint density at radius 1 is 1.09 bits per heavy atom. The third-order valence-electron chi connectivity index (χ3n) is 3.28. The Morgan fingerprint density at radius 2 is 1.87 bits per heavy atom. The summed E-state index contributed by atoms with van der Waals surface area (Å²) in [5, 5.41) is 2.80. The lowest BCUT2D eigenvalue weighted by Crippen LogP contribution is -2.20. The van der Waals surface area contributed by atoms with E-state index in [-0.39, 0.29) is 12.5 Å². The van der Waals surface area contributed by atoms with Crippen LogP contribution in [0.3, 0.4) is 0 Å². The van der Waals surface area contributed by atoms with E-state index in [1.165, 1.54) is 13.2 Å². The summed E-state index contributed by atoms with van der Waals surface area (Å²) in [6.07, 6.45) is 0. The van der Waals surface area contributed by atoms with Crippen LogP contribution in [0.25, 0.3) is 0 Å². The maximum absolute atomic E-state index is 12.0. The monoisotopic (exact) mass is 313 g/mol. The van der Waals surface area contributed by atoms with Crippen molar-refractivity contribution in [1.82, 2.24) is 0 Å². The molecule has 0 aliphatic heterocycles. The lowest BCUT2D eigenvalue weighted by atomic mass is 10.1. The lowest BCUT2D eigenvalue weighted by Gasteiger charge is -2.10. The van der Waals surface area contributed by atoms with Crippen LogP contribution in [-0.4, -0.2) is 25.6 Å². The van der Waals surface area contributed by atoms with Crippen LogP contribution >= 0.6 is 0 Å². The summed E-state index contributed by atoms with van der Waals surface area (Å²) in [6, 6.07) is 12.3. The fourth-order valence-corrected chi connectivity index (χ4v) is 2.12. The second-order valence-electron chi connectivity index (χ2n) is 5.17. The van der Waals surface area contributed by atoms with Crippen LogP contribution in [-0.2, 0) is 9.53 Å². The molecule has 0 aliphatic rings. The van der Waals surface area contributed by atoms with E-state index in [1.54, 1.807) is 18.2 Å². The minimum Gasteiger partial charge on any atom is -0.484 e. The first-order chi connectivity index (χ1) is 11.0. The molecule has 0 unspecified atom stereocenters. The Labute approximate surface area is 135 Å². The molecule has 0 fully saturated rings. The Bertz CT molecular complexity index is 725. The second-order valence-corrected chi connectivity index (χ2v) is 5.17. The van der Waals surface area contributed by atoms with Gasteiger partial charge < -0.3 is 14.8 Å². The standard InChI is InChI=1S/C18H19NO4/c1-12-7-8-16(13(2)9-12)19-17(20)11-23-15-6-4-5-14(10-15)18(21)22-3/h4-10H,11H2,1-3H3,(H,19,20). The van der Waals surface area contributed by atoms with E-state index in [9.17, 15) is 9.59 Å². The molecule has 0 radical (unpaired) electrons. The van der Waals surface area contributed by atoms with Gasteiger partial charge in [0.1, 0.15) is 5.75 Å². The highest BCUT2D eigenvalue weighted by Crippen LogP contribution is 2.17. The zero-order chi connectivity index (χ0) is 16.8. The van der Waals surface area contributed by atoms with Gasteiger partial charge in [0.05, 0.1) is 12.7 Å². The summed E-state index contributed by atoms with van der Waals surface area (Å²) < 4.78 is 10.1. The molecule has 0 bridgehead atoms. The van der Waals surface area contributed by atoms with Crippen molar-refractivity contribution in [3.8, 4) is 5.75 Å². The fourth-order valence-electron chi connectivity index (χ4n) is 2.12. The van der Waals surface area contributed by atoms with E-state index < -0.39 is 5.97 Å². The summed E-state index contributed by atoms with van der Waals surface area (Å²) in [7, 11) is 1.31. The molecule has 0 aliphatic carbocycles. The molecular formula is C18H19NO4. The highest BCUT2D eigenvalue weighted by molar-refractivity contribution is 5.93. The van der Waals surface area contributed by atoms with Crippen molar-refractivity contribution < 1.29 is 19.1 Å². The van der Waals surface area contributed by atoms with Crippen molar-refractivity contribution >= 4 is 17.6 Å². The molecule has 5 nitrogen and oxygen atoms in total. The zero-order valence-corrected chi connectivity index (χ0v) is 13.4. The highest BCUT2D eigenvalue weighted by atomic mass is 16.5. The molecule has 0 heterocycles. The minimum atomic E-state index is -0.449. The predicted molar refractivity (Wildman–Crippen MR) is 87.8 cm³/mol. The number of nitrogens with one attached hydrogen (secondary N) is 1. The number of hydrogen-bond acceptors (Lipinski definition) is 4. The number of methoxy groups -OCH3 is 1. The van der Waals surface area contributed by atoms with Crippen LogP contribution < -0.4 is 10.1 Å². The van der Waals surface area contributed by atoms with Crippen LogP contribution in [0.15, 0.2) is 42.5 Å². The topological polar surface area (TPSA) is 64.6 Å². The molecule has 5 heteroatoms. The van der Waals surface area contributed by atoms with Gasteiger partial charge in [0.15, 0.2) is 6.61 Å². The third kappa shape index (κ3) is 4.57. The Morgan fingerprint density at radius 3 is 2.57 bits per heavy atom. The summed E-state index contributed by atoms with van der Waals surface area (Å²) in [4.78, 5) is 23.4. The van der Waals surface area contributed by atoms with Gasteiger partial charge in [-0.2, -0.15) is 0 Å². The molecule has 120 valence electrons. The molecule has 0 aromatic heterocycles. The van der Waals surface area contributed by atoms with Gasteiger partial charge in [-0.05, 0) is 43.7 Å². The molecule has 2 aromatic carbocycles. The second kappa shape index (κ2) is 7.45. The Hall–Kier alpha value is -2.82. The van der Waals surface area contributed by atoms with Gasteiger partial charge in [0, 0.05) is 5.69 Å². The van der Waals surface area contributed by atoms with Crippen LogP contribution in [0.1, 0.15) is 21.5 Å². The number of carbonyl (C=O) groups excluding carboxylic acids is 2. The third-order valence-corrected chi connectivity index (χ3v) is 3.28. The average Bonchev–Trinajstić information content (AvgIpc) is 2.55. The van der Waals surface area contributed by atoms with Gasteiger partial charge in [-0.25, -0.2) is 4.79 Å². The zero-order valence-electron chi connectivity index (χ0n) is 13.4. The van der Waals surface area contributed by atoms with Crippen LogP contribution in [0.2, 0.25) is 0 Å². The smallest absolute Gasteiger partial charge is 0.337 e. The number of carbonyl (C=O) groups is 2. The number of anilines is 1. The molecular weight excluding hydrogens is 294 g/mol. The van der Waals surface area contributed by atoms with E-state index >= 15 is 0 Å². The molecule has 0 saturated heterocycles. The molecule has 23 heavy (non-hydrogen) atoms. The SMILES string of the molecule is COC(=O)c1cccc(OCC(=O)Nc2ccc(C)cc2C)c1. The molecule has 1 N–H and O–H groups in total. The van der Waals surface area contributed by atoms with Gasteiger partial charge in [0.25, 0.3) is 5.91 Å². The van der Waals surface area contributed by atoms with Gasteiger partial charge in [-0.3, -0.25) is 4.79 Å². The number of esters is 1. The number of benzene rings is 2. The van der Waals surface area contributed by atoms with E-state index in [0.717, 1.165) is 16.8 Å². The largest absolute Gasteiger partial charge is 0.484 e. The molecule has 1 amide bonds. The highest BCUT2D eigenvalue weighted by Gasteiger charge is 2.09. The molecule has 2 aromatic rings. The van der Waals surface area contributed by atoms with E-state index in [2.05, 4.69) is 10.1 Å². The summed E-state index contributed by atoms with van der Waals surface area (Å²) in [6.45, 7) is 3.79. The summed E-state index contributed by atoms with van der Waals surface area (Å²) >= 11 is 0. The van der Waals surface area contributed by atoms with Crippen molar-refractivity contribution in [1.29, 1.82) is 0 Å². The van der Waals surface area contributed by atoms with Crippen molar-refractivity contribution in [2.24, 2.45) is 0 Å². The maximum atomic E-state index is 12.0. The number of ether oxygens (including phenoxy) is 2. The fraction of sp³-hybridized carbons (Fsp3) is 0.222. The van der Waals surface area contributed by atoms with Crippen molar-refractivity contribution in [2.75, 3.05) is 19.0 Å². The molecule has 0 spiro atoms. The quantitative estimate of drug-likeness (QED) is 0.861. The van der Waals surface area contributed by atoms with E-state index in [4.69, 9.17) is 4.74 Å². The van der Waals surface area contributed by atoms with E-state index in [1.807, 2.05) is 32.0 Å². The number of amides is 1. The minimum absolute atomic E-state index is 0.141. The summed E-state index contributed by atoms with van der Waals surface area (Å²) in [5.41, 5.74) is 3.26. The van der Waals surface area contributed by atoms with Crippen LogP contribution in [0, 0.1) is 13.8 Å². The van der Waals surface area contributed by atoms with Crippen molar-refractivity contribution in [3.05, 3.63) is 59.2 Å². The van der Waals surface area contributed by atoms with Gasteiger partial charge in [0.2, 0.25) is 0 Å². The van der Waals surface area contributed by atoms with Gasteiger partial charge >= 0.3 is 5.97 Å². The molecule has 2 rings (SSSR count). The van der Waals surface area contributed by atoms with E-state index in [0.29, 0.717) is 11.3 Å². The first kappa shape index (κ1) is 16.5. The van der Waals surface area contributed by atoms with Crippen LogP contribution in [0.4, 0.5) is 5.69 Å². The lowest BCUT2D eigenvalue weighted by molar-refractivity contribution is -0.118. The normalized spacial score (nSPS) is 10.0. The number of rotatable bonds is 5. The number of hydrogen-bond donors (Lipinski definition) is 1. The first-order valence-corrected chi connectivity index (χ1v) is 7.18. The van der Waals surface area contributed by atoms with Gasteiger partial charge in [-0.1, -0.05) is 23.8 Å². The van der Waals surface area contributed by atoms with Crippen LogP contribution in [0.5, 0.6) is 5.75 Å². The molecule has 0 atom stereocenters. The van der Waals surface area contributed by atoms with Crippen molar-refractivity contribution in [3.63, 3.8) is 0 Å². The maximum Gasteiger partial charge on any atom is 0.337 e. The first-order valence-electron chi connectivity index (χ1n) is 7.18. The average molecular weight is 313 g/mol. The molecule has 0 saturated carbocycles. The van der Waals surface area contributed by atoms with Gasteiger partial charge in [-0.15, -0.1) is 0 Å². The summed E-state index contributed by atoms with van der Waals surface area (Å²) in [5.74, 6) is -0.278. The number of aryl methyl sites for hydroxylation is 2.